The van der Waals surface area contributed by atoms with Crippen LogP contribution < -0.4 is 0 Å². The fourth-order valence-electron chi connectivity index (χ4n) is 2.37. The molecular weight excluding hydrogens is 226 g/mol. The van der Waals surface area contributed by atoms with E-state index < -0.39 is 0 Å². The van der Waals surface area contributed by atoms with Gasteiger partial charge in [0.2, 0.25) is 0 Å². The van der Waals surface area contributed by atoms with Crippen molar-refractivity contribution in [3.63, 3.8) is 0 Å². The molecule has 0 saturated heterocycles. The lowest BCUT2D eigenvalue weighted by molar-refractivity contribution is -0.139. The average Bonchev–Trinajstić information content (AvgIpc) is 2.26. The molecule has 0 fully saturated rings. The molecule has 3 heteroatoms. The van der Waals surface area contributed by atoms with E-state index >= 15 is 0 Å². The maximum absolute atomic E-state index is 11.3. The molecular formula is C15H17NO2. The average molecular weight is 243 g/mol. The summed E-state index contributed by atoms with van der Waals surface area (Å²) in [5.41, 5.74) is 5.27. The van der Waals surface area contributed by atoms with Gasteiger partial charge in [0.15, 0.2) is 0 Å². The molecule has 0 aliphatic heterocycles. The first-order chi connectivity index (χ1) is 8.51. The largest absolute Gasteiger partial charge is 0.469 e. The van der Waals surface area contributed by atoms with Crippen molar-refractivity contribution >= 4 is 16.9 Å². The minimum absolute atomic E-state index is 0.222. The molecule has 0 bridgehead atoms. The number of nitrogens with zero attached hydrogens (tertiary/aromatic N) is 1. The molecule has 94 valence electrons. The normalized spacial score (nSPS) is 10.7. The van der Waals surface area contributed by atoms with Crippen LogP contribution in [0.1, 0.15) is 22.4 Å². The number of esters is 1. The smallest absolute Gasteiger partial charge is 0.311 e. The van der Waals surface area contributed by atoms with Crippen LogP contribution in [0.15, 0.2) is 18.2 Å². The van der Waals surface area contributed by atoms with Crippen LogP contribution in [0.25, 0.3) is 10.9 Å². The third kappa shape index (κ3) is 2.35. The van der Waals surface area contributed by atoms with Gasteiger partial charge in [0.05, 0.1) is 24.7 Å². The molecule has 0 aliphatic carbocycles. The molecule has 0 unspecified atom stereocenters. The lowest BCUT2D eigenvalue weighted by atomic mass is 10.0. The molecule has 1 aromatic heterocycles. The zero-order valence-corrected chi connectivity index (χ0v) is 11.2. The number of aromatic nitrogens is 1. The van der Waals surface area contributed by atoms with Crippen LogP contribution in [-0.4, -0.2) is 18.1 Å². The van der Waals surface area contributed by atoms with Gasteiger partial charge in [-0.1, -0.05) is 6.07 Å². The van der Waals surface area contributed by atoms with E-state index in [0.717, 1.165) is 16.8 Å². The molecule has 0 N–H and O–H groups in total. The Kier molecular flexibility index (Phi) is 3.32. The van der Waals surface area contributed by atoms with E-state index in [1.165, 1.54) is 23.6 Å². The van der Waals surface area contributed by atoms with Gasteiger partial charge in [-0.3, -0.25) is 9.78 Å². The predicted molar refractivity (Wildman–Crippen MR) is 71.7 cm³/mol. The summed E-state index contributed by atoms with van der Waals surface area (Å²) in [4.78, 5) is 15.8. The highest BCUT2D eigenvalue weighted by Crippen LogP contribution is 2.23. The minimum Gasteiger partial charge on any atom is -0.469 e. The van der Waals surface area contributed by atoms with Crippen molar-refractivity contribution in [3.8, 4) is 0 Å². The molecule has 1 heterocycles. The van der Waals surface area contributed by atoms with E-state index in [9.17, 15) is 4.79 Å². The third-order valence-corrected chi connectivity index (χ3v) is 3.05. The van der Waals surface area contributed by atoms with Crippen molar-refractivity contribution in [1.29, 1.82) is 0 Å². The lowest BCUT2D eigenvalue weighted by Gasteiger charge is -2.09. The summed E-state index contributed by atoms with van der Waals surface area (Å²) in [6.07, 6.45) is 0.222. The van der Waals surface area contributed by atoms with Gasteiger partial charge in [-0.2, -0.15) is 0 Å². The minimum atomic E-state index is -0.259. The maximum atomic E-state index is 11.3. The summed E-state index contributed by atoms with van der Waals surface area (Å²) < 4.78 is 4.67. The van der Waals surface area contributed by atoms with Crippen LogP contribution >= 0.6 is 0 Å². The third-order valence-electron chi connectivity index (χ3n) is 3.05. The molecule has 2 aromatic rings. The SMILES string of the molecule is COC(=O)Cc1cc(C)c2c(C)cc(C)cc2n1. The lowest BCUT2D eigenvalue weighted by Crippen LogP contribution is -2.06. The molecule has 0 amide bonds. The first-order valence-electron chi connectivity index (χ1n) is 5.95. The number of rotatable bonds is 2. The highest BCUT2D eigenvalue weighted by molar-refractivity contribution is 5.86. The van der Waals surface area contributed by atoms with Crippen LogP contribution in [0.5, 0.6) is 0 Å². The number of pyridine rings is 1. The van der Waals surface area contributed by atoms with E-state index in [-0.39, 0.29) is 12.4 Å². The van der Waals surface area contributed by atoms with Gasteiger partial charge >= 0.3 is 5.97 Å². The Hall–Kier alpha value is -1.90. The van der Waals surface area contributed by atoms with E-state index in [1.807, 2.05) is 13.0 Å². The number of hydrogen-bond acceptors (Lipinski definition) is 3. The molecule has 0 radical (unpaired) electrons. The van der Waals surface area contributed by atoms with E-state index in [2.05, 4.69) is 35.7 Å². The van der Waals surface area contributed by atoms with Crippen LogP contribution in [0.3, 0.4) is 0 Å². The first kappa shape index (κ1) is 12.6. The quantitative estimate of drug-likeness (QED) is 0.761. The van der Waals surface area contributed by atoms with Crippen LogP contribution in [0, 0.1) is 20.8 Å². The number of aryl methyl sites for hydroxylation is 3. The summed E-state index contributed by atoms with van der Waals surface area (Å²) in [6.45, 7) is 6.19. The number of fused-ring (bicyclic) bond motifs is 1. The molecule has 0 atom stereocenters. The van der Waals surface area contributed by atoms with Crippen molar-refractivity contribution in [2.24, 2.45) is 0 Å². The summed E-state index contributed by atoms with van der Waals surface area (Å²) in [7, 11) is 1.39. The Balaban J connectivity index is 2.58. The number of benzene rings is 1. The van der Waals surface area contributed by atoms with Crippen molar-refractivity contribution in [3.05, 3.63) is 40.6 Å². The maximum Gasteiger partial charge on any atom is 0.311 e. The highest BCUT2D eigenvalue weighted by Gasteiger charge is 2.09. The zero-order chi connectivity index (χ0) is 13.3. The Morgan fingerprint density at radius 3 is 2.50 bits per heavy atom. The van der Waals surface area contributed by atoms with Gasteiger partial charge in [0.25, 0.3) is 0 Å². The molecule has 3 nitrogen and oxygen atoms in total. The monoisotopic (exact) mass is 243 g/mol. The number of methoxy groups -OCH3 is 1. The van der Waals surface area contributed by atoms with Crippen molar-refractivity contribution in [2.75, 3.05) is 7.11 Å². The van der Waals surface area contributed by atoms with Gasteiger partial charge in [-0.05, 0) is 49.6 Å². The second-order valence-corrected chi connectivity index (χ2v) is 4.66. The van der Waals surface area contributed by atoms with E-state index in [1.54, 1.807) is 0 Å². The standard InChI is InChI=1S/C15H17NO2/c1-9-5-10(2)15-11(3)7-12(8-14(17)18-4)16-13(15)6-9/h5-7H,8H2,1-4H3. The molecule has 1 aromatic carbocycles. The van der Waals surface area contributed by atoms with E-state index in [0.29, 0.717) is 0 Å². The predicted octanol–water partition coefficient (Wildman–Crippen LogP) is 2.88. The van der Waals surface area contributed by atoms with Crippen molar-refractivity contribution in [1.82, 2.24) is 4.98 Å². The van der Waals surface area contributed by atoms with Gasteiger partial charge < -0.3 is 4.74 Å². The van der Waals surface area contributed by atoms with E-state index in [4.69, 9.17) is 0 Å². The second kappa shape index (κ2) is 4.77. The summed E-state index contributed by atoms with van der Waals surface area (Å²) >= 11 is 0. The van der Waals surface area contributed by atoms with Gasteiger partial charge in [0, 0.05) is 5.39 Å². The fraction of sp³-hybridized carbons (Fsp3) is 0.333. The Bertz CT molecular complexity index is 617. The molecule has 0 saturated carbocycles. The van der Waals surface area contributed by atoms with Crippen LogP contribution in [0.4, 0.5) is 0 Å². The van der Waals surface area contributed by atoms with Gasteiger partial charge in [0.1, 0.15) is 0 Å². The van der Waals surface area contributed by atoms with Crippen LogP contribution in [0.2, 0.25) is 0 Å². The van der Waals surface area contributed by atoms with Crippen LogP contribution in [-0.2, 0) is 16.0 Å². The van der Waals surface area contributed by atoms with Crippen molar-refractivity contribution < 1.29 is 9.53 Å². The number of carbonyl (C=O) groups is 1. The number of carbonyl (C=O) groups excluding carboxylic acids is 1. The molecule has 0 aliphatic rings. The fourth-order valence-corrected chi connectivity index (χ4v) is 2.37. The number of ether oxygens (including phenoxy) is 1. The summed E-state index contributed by atoms with van der Waals surface area (Å²) in [6, 6.07) is 6.16. The first-order valence-corrected chi connectivity index (χ1v) is 5.95. The Morgan fingerprint density at radius 2 is 1.83 bits per heavy atom. The zero-order valence-electron chi connectivity index (χ0n) is 11.2. The highest BCUT2D eigenvalue weighted by atomic mass is 16.5. The second-order valence-electron chi connectivity index (χ2n) is 4.66. The Labute approximate surface area is 107 Å². The van der Waals surface area contributed by atoms with Crippen molar-refractivity contribution in [2.45, 2.75) is 27.2 Å². The molecule has 2 rings (SSSR count). The number of hydrogen-bond donors (Lipinski definition) is 0. The molecule has 0 spiro atoms. The topological polar surface area (TPSA) is 39.2 Å². The van der Waals surface area contributed by atoms with Gasteiger partial charge in [-0.25, -0.2) is 0 Å². The summed E-state index contributed by atoms with van der Waals surface area (Å²) in [5.74, 6) is -0.259. The molecule has 18 heavy (non-hydrogen) atoms. The van der Waals surface area contributed by atoms with Gasteiger partial charge in [-0.15, -0.1) is 0 Å². The summed E-state index contributed by atoms with van der Waals surface area (Å²) in [5, 5.41) is 1.18. The Morgan fingerprint density at radius 1 is 1.17 bits per heavy atom.